The van der Waals surface area contributed by atoms with Gasteiger partial charge < -0.3 is 24.7 Å². The zero-order chi connectivity index (χ0) is 32.3. The molecule has 2 aromatic heterocycles. The van der Waals surface area contributed by atoms with Gasteiger partial charge in [-0.3, -0.25) is 9.59 Å². The number of rotatable bonds is 10. The highest BCUT2D eigenvalue weighted by molar-refractivity contribution is 6.30. The number of aromatic nitrogens is 5. The second-order valence-electron chi connectivity index (χ2n) is 10.9. The summed E-state index contributed by atoms with van der Waals surface area (Å²) < 4.78 is 24.6. The molecule has 0 radical (unpaired) electrons. The molecule has 3 heterocycles. The zero-order valence-corrected chi connectivity index (χ0v) is 25.5. The smallest absolute Gasteiger partial charge is 0.247 e. The lowest BCUT2D eigenvalue weighted by Crippen LogP contribution is -2.44. The molecule has 6 aromatic rings. The highest BCUT2D eigenvalue weighted by Gasteiger charge is 2.34. The van der Waals surface area contributed by atoms with E-state index >= 15 is 0 Å². The van der Waals surface area contributed by atoms with E-state index in [1.807, 2.05) is 30.3 Å². The van der Waals surface area contributed by atoms with Crippen molar-refractivity contribution >= 4 is 34.3 Å². The SMILES string of the molecule is O=C(NCc1ccc(F)cc1)C(c1c[nH]c2ccccc12)N(Cc1ccc2c(c1)OCO2)C(=O)Cn1nnc(-c2ccc(Cl)cc2)n1. The normalized spacial score (nSPS) is 12.6. The fourth-order valence-corrected chi connectivity index (χ4v) is 5.58. The van der Waals surface area contributed by atoms with Gasteiger partial charge in [-0.25, -0.2) is 4.39 Å². The molecule has 236 valence electrons. The second-order valence-corrected chi connectivity index (χ2v) is 11.3. The first kappa shape index (κ1) is 29.9. The third kappa shape index (κ3) is 6.49. The minimum absolute atomic E-state index is 0.0440. The maximum Gasteiger partial charge on any atom is 0.247 e. The van der Waals surface area contributed by atoms with E-state index in [9.17, 15) is 14.0 Å². The molecule has 0 fully saturated rings. The Hall–Kier alpha value is -5.75. The van der Waals surface area contributed by atoms with E-state index in [-0.39, 0.29) is 32.2 Å². The lowest BCUT2D eigenvalue weighted by molar-refractivity contribution is -0.142. The van der Waals surface area contributed by atoms with Gasteiger partial charge in [0.2, 0.25) is 24.4 Å². The van der Waals surface area contributed by atoms with Gasteiger partial charge in [0.05, 0.1) is 0 Å². The summed E-state index contributed by atoms with van der Waals surface area (Å²) in [6, 6.07) is 24.7. The Morgan fingerprint density at radius 3 is 2.57 bits per heavy atom. The molecule has 11 nitrogen and oxygen atoms in total. The number of H-pyrrole nitrogens is 1. The summed E-state index contributed by atoms with van der Waals surface area (Å²) in [5, 5.41) is 16.9. The number of tetrazole rings is 1. The number of amides is 2. The summed E-state index contributed by atoms with van der Waals surface area (Å²) in [7, 11) is 0. The Bertz CT molecular complexity index is 2060. The number of benzene rings is 4. The van der Waals surface area contributed by atoms with E-state index in [1.165, 1.54) is 21.8 Å². The quantitative estimate of drug-likeness (QED) is 0.202. The molecule has 47 heavy (non-hydrogen) atoms. The molecule has 0 aliphatic carbocycles. The topological polar surface area (TPSA) is 127 Å². The number of aromatic amines is 1. The van der Waals surface area contributed by atoms with Gasteiger partial charge in [-0.2, -0.15) is 4.80 Å². The molecule has 1 aliphatic heterocycles. The molecule has 0 bridgehead atoms. The number of nitrogens with zero attached hydrogens (tertiary/aromatic N) is 5. The minimum atomic E-state index is -1.08. The van der Waals surface area contributed by atoms with Crippen molar-refractivity contribution < 1.29 is 23.5 Å². The minimum Gasteiger partial charge on any atom is -0.454 e. The van der Waals surface area contributed by atoms with Crippen LogP contribution in [0.3, 0.4) is 0 Å². The first-order valence-electron chi connectivity index (χ1n) is 14.7. The number of hydrogen-bond donors (Lipinski definition) is 2. The average molecular weight is 652 g/mol. The molecule has 0 spiro atoms. The largest absolute Gasteiger partial charge is 0.454 e. The first-order chi connectivity index (χ1) is 22.9. The third-order valence-electron chi connectivity index (χ3n) is 7.80. The molecular weight excluding hydrogens is 625 g/mol. The number of halogens is 2. The lowest BCUT2D eigenvalue weighted by atomic mass is 10.0. The van der Waals surface area contributed by atoms with Crippen molar-refractivity contribution in [2.75, 3.05) is 6.79 Å². The van der Waals surface area contributed by atoms with E-state index in [0.717, 1.165) is 10.9 Å². The van der Waals surface area contributed by atoms with Crippen LogP contribution in [0.5, 0.6) is 11.5 Å². The Labute approximate surface area is 272 Å². The van der Waals surface area contributed by atoms with Gasteiger partial charge in [0.25, 0.3) is 0 Å². The van der Waals surface area contributed by atoms with Crippen LogP contribution in [0.15, 0.2) is 97.2 Å². The molecule has 1 unspecified atom stereocenters. The van der Waals surface area contributed by atoms with Gasteiger partial charge in [-0.05, 0) is 70.9 Å². The van der Waals surface area contributed by atoms with E-state index in [2.05, 4.69) is 25.7 Å². The first-order valence-corrected chi connectivity index (χ1v) is 15.1. The average Bonchev–Trinajstić information content (AvgIpc) is 3.85. The number of carbonyl (C=O) groups excluding carboxylic acids is 2. The Kier molecular flexibility index (Phi) is 8.23. The molecule has 13 heteroatoms. The summed E-state index contributed by atoms with van der Waals surface area (Å²) in [5.41, 5.74) is 3.50. The van der Waals surface area contributed by atoms with Crippen LogP contribution in [0.2, 0.25) is 5.02 Å². The van der Waals surface area contributed by atoms with Crippen LogP contribution in [-0.4, -0.2) is 48.7 Å². The predicted octanol–water partition coefficient (Wildman–Crippen LogP) is 5.43. The third-order valence-corrected chi connectivity index (χ3v) is 8.05. The number of ether oxygens (including phenoxy) is 2. The molecule has 4 aromatic carbocycles. The van der Waals surface area contributed by atoms with Crippen molar-refractivity contribution in [1.29, 1.82) is 0 Å². The van der Waals surface area contributed by atoms with Crippen molar-refractivity contribution in [3.63, 3.8) is 0 Å². The van der Waals surface area contributed by atoms with Crippen molar-refractivity contribution in [2.24, 2.45) is 0 Å². The Morgan fingerprint density at radius 2 is 1.74 bits per heavy atom. The zero-order valence-electron chi connectivity index (χ0n) is 24.8. The summed E-state index contributed by atoms with van der Waals surface area (Å²) in [5.74, 6) is 0.222. The maximum atomic E-state index is 14.3. The highest BCUT2D eigenvalue weighted by Crippen LogP contribution is 2.35. The van der Waals surface area contributed by atoms with Crippen LogP contribution in [0, 0.1) is 5.82 Å². The van der Waals surface area contributed by atoms with Crippen molar-refractivity contribution in [2.45, 2.75) is 25.7 Å². The van der Waals surface area contributed by atoms with Gasteiger partial charge >= 0.3 is 0 Å². The number of para-hydroxylation sites is 1. The van der Waals surface area contributed by atoms with Gasteiger partial charge in [0, 0.05) is 46.3 Å². The summed E-state index contributed by atoms with van der Waals surface area (Å²) in [6.45, 7) is -0.0319. The summed E-state index contributed by atoms with van der Waals surface area (Å²) in [6.07, 6.45) is 1.74. The Balaban J connectivity index is 1.25. The molecule has 1 atom stereocenters. The monoisotopic (exact) mass is 651 g/mol. The van der Waals surface area contributed by atoms with Crippen LogP contribution in [-0.2, 0) is 29.2 Å². The van der Waals surface area contributed by atoms with E-state index in [4.69, 9.17) is 21.1 Å². The fourth-order valence-electron chi connectivity index (χ4n) is 5.45. The molecule has 0 saturated carbocycles. The molecule has 0 saturated heterocycles. The molecule has 2 amide bonds. The standard InChI is InChI=1S/C34H27ClFN7O4/c35-24-10-8-23(9-11-24)33-39-41-43(40-33)19-31(44)42(18-22-7-14-29-30(15-22)47-20-46-29)32(27-17-37-28-4-2-1-3-26(27)28)34(45)38-16-21-5-12-25(36)13-6-21/h1-15,17,32,37H,16,18-20H2,(H,38,45). The van der Waals surface area contributed by atoms with Crippen LogP contribution < -0.4 is 14.8 Å². The number of hydrogen-bond acceptors (Lipinski definition) is 7. The number of carbonyl (C=O) groups is 2. The number of nitrogens with one attached hydrogen (secondary N) is 2. The molecule has 2 N–H and O–H groups in total. The second kappa shape index (κ2) is 12.9. The maximum absolute atomic E-state index is 14.3. The Morgan fingerprint density at radius 1 is 0.979 bits per heavy atom. The van der Waals surface area contributed by atoms with Crippen LogP contribution in [0.4, 0.5) is 4.39 Å². The molecule has 1 aliphatic rings. The number of fused-ring (bicyclic) bond motifs is 2. The highest BCUT2D eigenvalue weighted by atomic mass is 35.5. The van der Waals surface area contributed by atoms with Crippen molar-refractivity contribution in [1.82, 2.24) is 35.4 Å². The predicted molar refractivity (Wildman–Crippen MR) is 171 cm³/mol. The van der Waals surface area contributed by atoms with Gasteiger partial charge in [0.15, 0.2) is 11.5 Å². The van der Waals surface area contributed by atoms with Crippen LogP contribution in [0.1, 0.15) is 22.7 Å². The van der Waals surface area contributed by atoms with E-state index < -0.39 is 17.9 Å². The van der Waals surface area contributed by atoms with E-state index in [0.29, 0.717) is 44.6 Å². The lowest BCUT2D eigenvalue weighted by Gasteiger charge is -2.31. The summed E-state index contributed by atoms with van der Waals surface area (Å²) in [4.78, 5) is 34.4. The van der Waals surface area contributed by atoms with Crippen molar-refractivity contribution in [3.8, 4) is 22.9 Å². The van der Waals surface area contributed by atoms with Gasteiger partial charge in [-0.15, -0.1) is 10.2 Å². The van der Waals surface area contributed by atoms with Gasteiger partial charge in [0.1, 0.15) is 18.4 Å². The van der Waals surface area contributed by atoms with Crippen molar-refractivity contribution in [3.05, 3.63) is 125 Å². The van der Waals surface area contributed by atoms with Crippen LogP contribution in [0.25, 0.3) is 22.3 Å². The summed E-state index contributed by atoms with van der Waals surface area (Å²) >= 11 is 6.03. The molecular formula is C34H27ClFN7O4. The van der Waals surface area contributed by atoms with Gasteiger partial charge in [-0.1, -0.05) is 48.0 Å². The van der Waals surface area contributed by atoms with E-state index in [1.54, 1.807) is 54.7 Å². The van der Waals surface area contributed by atoms with Crippen LogP contribution >= 0.6 is 11.6 Å². The molecule has 7 rings (SSSR count). The fraction of sp³-hybridized carbons (Fsp3) is 0.147.